The van der Waals surface area contributed by atoms with E-state index >= 15 is 0 Å². The molecule has 1 N–H and O–H groups in total. The fraction of sp³-hybridized carbons (Fsp3) is 0.842. The lowest BCUT2D eigenvalue weighted by Crippen LogP contribution is -2.14. The van der Waals surface area contributed by atoms with Gasteiger partial charge in [-0.1, -0.05) is 78.1 Å². The SMILES string of the molecule is CCCCCCC(CCCCCC)Cc1[nH]cnc1N(C)C. The lowest BCUT2D eigenvalue weighted by Gasteiger charge is -2.18. The van der Waals surface area contributed by atoms with Gasteiger partial charge in [-0.15, -0.1) is 0 Å². The number of imidazole rings is 1. The first-order valence-electron chi connectivity index (χ1n) is 9.38. The average molecular weight is 308 g/mol. The van der Waals surface area contributed by atoms with Crippen molar-refractivity contribution in [1.29, 1.82) is 0 Å². The molecule has 0 bridgehead atoms. The number of nitrogens with one attached hydrogen (secondary N) is 1. The smallest absolute Gasteiger partial charge is 0.149 e. The van der Waals surface area contributed by atoms with Crippen molar-refractivity contribution in [1.82, 2.24) is 9.97 Å². The molecule has 1 rings (SSSR count). The highest BCUT2D eigenvalue weighted by Crippen LogP contribution is 2.25. The minimum absolute atomic E-state index is 0.813. The molecule has 0 spiro atoms. The second-order valence-corrected chi connectivity index (χ2v) is 6.87. The molecule has 0 saturated carbocycles. The van der Waals surface area contributed by atoms with Crippen LogP contribution in [0.15, 0.2) is 6.33 Å². The van der Waals surface area contributed by atoms with Gasteiger partial charge in [0.05, 0.1) is 12.0 Å². The predicted molar refractivity (Wildman–Crippen MR) is 97.6 cm³/mol. The summed E-state index contributed by atoms with van der Waals surface area (Å²) in [6.45, 7) is 4.58. The number of aromatic nitrogens is 2. The van der Waals surface area contributed by atoms with Crippen LogP contribution in [0.3, 0.4) is 0 Å². The number of H-pyrrole nitrogens is 1. The maximum Gasteiger partial charge on any atom is 0.149 e. The van der Waals surface area contributed by atoms with Gasteiger partial charge in [-0.2, -0.15) is 0 Å². The van der Waals surface area contributed by atoms with Crippen molar-refractivity contribution in [2.75, 3.05) is 19.0 Å². The van der Waals surface area contributed by atoms with Crippen LogP contribution in [0.1, 0.15) is 83.7 Å². The normalized spacial score (nSPS) is 11.3. The molecule has 1 aromatic heterocycles. The molecule has 0 radical (unpaired) electrons. The third kappa shape index (κ3) is 7.33. The molecule has 3 nitrogen and oxygen atoms in total. The standard InChI is InChI=1S/C19H37N3/c1-5-7-9-11-13-17(14-12-10-8-6-2)15-18-19(22(3)4)21-16-20-18/h16-17H,5-15H2,1-4H3,(H,20,21). The molecule has 128 valence electrons. The Balaban J connectivity index is 2.49. The Kier molecular flexibility index (Phi) is 10.0. The van der Waals surface area contributed by atoms with E-state index in [2.05, 4.69) is 42.8 Å². The Morgan fingerprint density at radius 3 is 2.05 bits per heavy atom. The van der Waals surface area contributed by atoms with Crippen LogP contribution in [0.25, 0.3) is 0 Å². The van der Waals surface area contributed by atoms with Gasteiger partial charge in [-0.25, -0.2) is 4.98 Å². The van der Waals surface area contributed by atoms with Gasteiger partial charge in [0, 0.05) is 14.1 Å². The molecule has 0 aliphatic carbocycles. The summed E-state index contributed by atoms with van der Waals surface area (Å²) in [4.78, 5) is 9.95. The van der Waals surface area contributed by atoms with E-state index in [4.69, 9.17) is 0 Å². The van der Waals surface area contributed by atoms with Gasteiger partial charge in [-0.05, 0) is 12.3 Å². The zero-order valence-corrected chi connectivity index (χ0v) is 15.3. The van der Waals surface area contributed by atoms with Gasteiger partial charge in [0.2, 0.25) is 0 Å². The molecular weight excluding hydrogens is 270 g/mol. The molecule has 0 aromatic carbocycles. The van der Waals surface area contributed by atoms with Crippen LogP contribution in [-0.4, -0.2) is 24.1 Å². The summed E-state index contributed by atoms with van der Waals surface area (Å²) in [5, 5.41) is 0. The molecule has 0 aliphatic heterocycles. The third-order valence-corrected chi connectivity index (χ3v) is 4.54. The van der Waals surface area contributed by atoms with Crippen molar-refractivity contribution in [3.63, 3.8) is 0 Å². The first-order valence-corrected chi connectivity index (χ1v) is 9.38. The molecule has 0 saturated heterocycles. The van der Waals surface area contributed by atoms with Crippen molar-refractivity contribution < 1.29 is 0 Å². The maximum atomic E-state index is 4.46. The zero-order chi connectivity index (χ0) is 16.2. The summed E-state index contributed by atoms with van der Waals surface area (Å²) in [6, 6.07) is 0. The van der Waals surface area contributed by atoms with E-state index in [1.54, 1.807) is 0 Å². The van der Waals surface area contributed by atoms with Gasteiger partial charge in [0.25, 0.3) is 0 Å². The first kappa shape index (κ1) is 19.1. The van der Waals surface area contributed by atoms with Crippen molar-refractivity contribution in [2.45, 2.75) is 84.5 Å². The predicted octanol–water partition coefficient (Wildman–Crippen LogP) is 5.58. The molecule has 0 atom stereocenters. The fourth-order valence-electron chi connectivity index (χ4n) is 3.21. The van der Waals surface area contributed by atoms with Crippen molar-refractivity contribution in [3.05, 3.63) is 12.0 Å². The Morgan fingerprint density at radius 1 is 0.955 bits per heavy atom. The summed E-state index contributed by atoms with van der Waals surface area (Å²) < 4.78 is 0. The van der Waals surface area contributed by atoms with E-state index < -0.39 is 0 Å². The quantitative estimate of drug-likeness (QED) is 0.483. The second kappa shape index (κ2) is 11.6. The Hall–Kier alpha value is -0.990. The highest BCUT2D eigenvalue weighted by atomic mass is 15.2. The minimum Gasteiger partial charge on any atom is -0.361 e. The molecule has 0 aliphatic rings. The van der Waals surface area contributed by atoms with E-state index in [9.17, 15) is 0 Å². The average Bonchev–Trinajstić information content (AvgIpc) is 2.96. The highest BCUT2D eigenvalue weighted by Gasteiger charge is 2.15. The van der Waals surface area contributed by atoms with E-state index in [0.717, 1.165) is 18.2 Å². The van der Waals surface area contributed by atoms with Gasteiger partial charge in [0.15, 0.2) is 0 Å². The summed E-state index contributed by atoms with van der Waals surface area (Å²) in [5.74, 6) is 1.93. The number of anilines is 1. The van der Waals surface area contributed by atoms with Crippen LogP contribution in [0.4, 0.5) is 5.82 Å². The van der Waals surface area contributed by atoms with Gasteiger partial charge in [0.1, 0.15) is 5.82 Å². The molecule has 0 fully saturated rings. The topological polar surface area (TPSA) is 31.9 Å². The number of hydrogen-bond donors (Lipinski definition) is 1. The van der Waals surface area contributed by atoms with E-state index in [0.29, 0.717) is 0 Å². The highest BCUT2D eigenvalue weighted by molar-refractivity contribution is 5.41. The third-order valence-electron chi connectivity index (χ3n) is 4.54. The molecule has 1 aromatic rings. The van der Waals surface area contributed by atoms with Crippen LogP contribution >= 0.6 is 0 Å². The number of aromatic amines is 1. The number of unbranched alkanes of at least 4 members (excludes halogenated alkanes) is 6. The van der Waals surface area contributed by atoms with E-state index in [1.807, 2.05) is 6.33 Å². The van der Waals surface area contributed by atoms with Crippen molar-refractivity contribution >= 4 is 5.82 Å². The van der Waals surface area contributed by atoms with Crippen LogP contribution in [-0.2, 0) is 6.42 Å². The summed E-state index contributed by atoms with van der Waals surface area (Å²) >= 11 is 0. The largest absolute Gasteiger partial charge is 0.361 e. The Labute approximate surface area is 137 Å². The van der Waals surface area contributed by atoms with Crippen LogP contribution in [0.2, 0.25) is 0 Å². The molecule has 1 heterocycles. The van der Waals surface area contributed by atoms with Crippen LogP contribution in [0.5, 0.6) is 0 Å². The summed E-state index contributed by atoms with van der Waals surface area (Å²) in [6.07, 6.45) is 16.7. The van der Waals surface area contributed by atoms with Crippen LogP contribution in [0, 0.1) is 5.92 Å². The van der Waals surface area contributed by atoms with E-state index in [1.165, 1.54) is 69.9 Å². The van der Waals surface area contributed by atoms with Gasteiger partial charge < -0.3 is 9.88 Å². The number of nitrogens with zero attached hydrogens (tertiary/aromatic N) is 2. The van der Waals surface area contributed by atoms with Crippen molar-refractivity contribution in [3.8, 4) is 0 Å². The summed E-state index contributed by atoms with van der Waals surface area (Å²) in [7, 11) is 4.16. The van der Waals surface area contributed by atoms with E-state index in [-0.39, 0.29) is 0 Å². The molecular formula is C19H37N3. The van der Waals surface area contributed by atoms with Crippen molar-refractivity contribution in [2.24, 2.45) is 5.92 Å². The Morgan fingerprint density at radius 2 is 1.55 bits per heavy atom. The minimum atomic E-state index is 0.813. The maximum absolute atomic E-state index is 4.46. The molecule has 0 amide bonds. The second-order valence-electron chi connectivity index (χ2n) is 6.87. The van der Waals surface area contributed by atoms with Gasteiger partial charge in [-0.3, -0.25) is 0 Å². The van der Waals surface area contributed by atoms with Gasteiger partial charge >= 0.3 is 0 Å². The molecule has 0 unspecified atom stereocenters. The Bertz CT molecular complexity index is 359. The van der Waals surface area contributed by atoms with Crippen LogP contribution < -0.4 is 4.90 Å². The first-order chi connectivity index (χ1) is 10.7. The zero-order valence-electron chi connectivity index (χ0n) is 15.3. The fourth-order valence-corrected chi connectivity index (χ4v) is 3.21. The number of hydrogen-bond acceptors (Lipinski definition) is 2. The summed E-state index contributed by atoms with van der Waals surface area (Å²) in [5.41, 5.74) is 1.32. The lowest BCUT2D eigenvalue weighted by atomic mass is 9.90. The number of rotatable bonds is 13. The molecule has 3 heteroatoms. The lowest BCUT2D eigenvalue weighted by molar-refractivity contribution is 0.401. The monoisotopic (exact) mass is 307 g/mol. The molecule has 22 heavy (non-hydrogen) atoms.